The molecule has 7 nitrogen and oxygen atoms in total. The number of hydrazone groups is 1. The maximum atomic E-state index is 12.2. The highest BCUT2D eigenvalue weighted by molar-refractivity contribution is 6.07. The molecular weight excluding hydrogens is 320 g/mol. The predicted molar refractivity (Wildman–Crippen MR) is 95.6 cm³/mol. The van der Waals surface area contributed by atoms with Gasteiger partial charge in [-0.1, -0.05) is 30.3 Å². The number of benzene rings is 2. The number of esters is 1. The van der Waals surface area contributed by atoms with Crippen molar-refractivity contribution in [3.8, 4) is 0 Å². The molecule has 0 fully saturated rings. The van der Waals surface area contributed by atoms with E-state index < -0.39 is 11.9 Å². The number of aromatic amines is 1. The Bertz CT molecular complexity index is 958. The van der Waals surface area contributed by atoms with Crippen LogP contribution < -0.4 is 11.2 Å². The van der Waals surface area contributed by atoms with E-state index in [2.05, 4.69) is 20.2 Å². The zero-order chi connectivity index (χ0) is 17.8. The van der Waals surface area contributed by atoms with E-state index in [9.17, 15) is 9.59 Å². The Kier molecular flexibility index (Phi) is 4.47. The molecule has 1 amide bonds. The normalized spacial score (nSPS) is 10.9. The summed E-state index contributed by atoms with van der Waals surface area (Å²) in [5.41, 5.74) is 11.0. The van der Waals surface area contributed by atoms with Crippen molar-refractivity contribution in [1.82, 2.24) is 10.4 Å². The van der Waals surface area contributed by atoms with Gasteiger partial charge in [0.1, 0.15) is 5.69 Å². The van der Waals surface area contributed by atoms with Crippen molar-refractivity contribution in [2.24, 2.45) is 5.10 Å². The second-order valence-electron chi connectivity index (χ2n) is 5.27. The number of carbonyl (C=O) groups is 2. The van der Waals surface area contributed by atoms with Gasteiger partial charge >= 0.3 is 5.97 Å². The van der Waals surface area contributed by atoms with Crippen LogP contribution in [0.1, 0.15) is 26.4 Å². The van der Waals surface area contributed by atoms with E-state index in [4.69, 9.17) is 5.73 Å². The number of carbonyl (C=O) groups excluding carboxylic acids is 2. The van der Waals surface area contributed by atoms with Gasteiger partial charge in [-0.25, -0.2) is 10.2 Å². The summed E-state index contributed by atoms with van der Waals surface area (Å²) >= 11 is 0. The van der Waals surface area contributed by atoms with Gasteiger partial charge < -0.3 is 15.5 Å². The molecule has 3 aromatic rings. The Hall–Kier alpha value is -3.61. The first-order valence-electron chi connectivity index (χ1n) is 7.48. The van der Waals surface area contributed by atoms with E-state index in [1.807, 2.05) is 24.3 Å². The number of anilines is 1. The molecule has 0 unspecified atom stereocenters. The third kappa shape index (κ3) is 3.35. The molecule has 0 saturated heterocycles. The second kappa shape index (κ2) is 6.88. The van der Waals surface area contributed by atoms with E-state index in [1.54, 1.807) is 24.3 Å². The van der Waals surface area contributed by atoms with Crippen LogP contribution in [-0.4, -0.2) is 30.2 Å². The number of para-hydroxylation sites is 1. The number of amides is 1. The van der Waals surface area contributed by atoms with E-state index >= 15 is 0 Å². The molecule has 0 aliphatic heterocycles. The molecule has 0 atom stereocenters. The third-order valence-corrected chi connectivity index (χ3v) is 3.68. The highest BCUT2D eigenvalue weighted by Gasteiger charge is 2.14. The summed E-state index contributed by atoms with van der Waals surface area (Å²) in [6.07, 6.45) is 1.47. The average Bonchev–Trinajstić information content (AvgIpc) is 2.99. The zero-order valence-electron chi connectivity index (χ0n) is 13.4. The van der Waals surface area contributed by atoms with E-state index in [-0.39, 0.29) is 5.69 Å². The Morgan fingerprint density at radius 1 is 1.16 bits per heavy atom. The molecule has 0 spiro atoms. The van der Waals surface area contributed by atoms with Crippen LogP contribution in [0.5, 0.6) is 0 Å². The number of fused-ring (bicyclic) bond motifs is 1. The van der Waals surface area contributed by atoms with E-state index in [0.29, 0.717) is 11.3 Å². The highest BCUT2D eigenvalue weighted by Crippen LogP contribution is 2.24. The van der Waals surface area contributed by atoms with Crippen LogP contribution in [0.4, 0.5) is 5.69 Å². The summed E-state index contributed by atoms with van der Waals surface area (Å²) in [4.78, 5) is 26.5. The number of rotatable bonds is 4. The van der Waals surface area contributed by atoms with Crippen molar-refractivity contribution in [3.63, 3.8) is 0 Å². The first kappa shape index (κ1) is 16.3. The molecule has 3 rings (SSSR count). The van der Waals surface area contributed by atoms with Crippen LogP contribution in [0, 0.1) is 0 Å². The smallest absolute Gasteiger partial charge is 0.337 e. The van der Waals surface area contributed by atoms with Crippen molar-refractivity contribution >= 4 is 34.7 Å². The minimum Gasteiger partial charge on any atom is -0.465 e. The zero-order valence-corrected chi connectivity index (χ0v) is 13.4. The summed E-state index contributed by atoms with van der Waals surface area (Å²) in [5, 5.41) is 4.69. The first-order chi connectivity index (χ1) is 12.1. The van der Waals surface area contributed by atoms with E-state index in [1.165, 1.54) is 13.3 Å². The lowest BCUT2D eigenvalue weighted by Gasteiger charge is -2.00. The Labute approximate surface area is 143 Å². The molecule has 126 valence electrons. The average molecular weight is 336 g/mol. The van der Waals surface area contributed by atoms with Crippen molar-refractivity contribution in [2.45, 2.75) is 0 Å². The fourth-order valence-corrected chi connectivity index (χ4v) is 2.39. The number of methoxy groups -OCH3 is 1. The van der Waals surface area contributed by atoms with Gasteiger partial charge in [-0.2, -0.15) is 5.10 Å². The van der Waals surface area contributed by atoms with Crippen LogP contribution in [0.3, 0.4) is 0 Å². The van der Waals surface area contributed by atoms with Gasteiger partial charge in [0, 0.05) is 10.9 Å². The topological polar surface area (TPSA) is 110 Å². The van der Waals surface area contributed by atoms with Gasteiger partial charge in [0.15, 0.2) is 0 Å². The van der Waals surface area contributed by atoms with Crippen LogP contribution in [0.25, 0.3) is 10.9 Å². The second-order valence-corrected chi connectivity index (χ2v) is 5.27. The maximum absolute atomic E-state index is 12.2. The van der Waals surface area contributed by atoms with Crippen LogP contribution in [-0.2, 0) is 4.74 Å². The lowest BCUT2D eigenvalue weighted by Crippen LogP contribution is -2.19. The number of nitrogens with one attached hydrogen (secondary N) is 2. The number of hydrogen-bond donors (Lipinski definition) is 3. The van der Waals surface area contributed by atoms with Gasteiger partial charge in [-0.05, 0) is 23.8 Å². The number of nitrogens with zero attached hydrogens (tertiary/aromatic N) is 1. The summed E-state index contributed by atoms with van der Waals surface area (Å²) in [5.74, 6) is -0.845. The number of hydrogen-bond acceptors (Lipinski definition) is 5. The first-order valence-corrected chi connectivity index (χ1v) is 7.48. The standard InChI is InChI=1S/C18H16N4O3/c1-25-18(24)12-8-6-11(7-9-12)10-20-22-17(23)16-15(19)13-4-2-3-5-14(13)21-16/h2-10,21H,19H2,1H3,(H,22,23)/b20-10+. The monoisotopic (exact) mass is 336 g/mol. The van der Waals surface area contributed by atoms with E-state index in [0.717, 1.165) is 16.5 Å². The quantitative estimate of drug-likeness (QED) is 0.386. The van der Waals surface area contributed by atoms with Gasteiger partial charge in [-0.15, -0.1) is 0 Å². The largest absolute Gasteiger partial charge is 0.465 e. The molecular formula is C18H16N4O3. The Balaban J connectivity index is 1.70. The molecule has 0 aliphatic carbocycles. The van der Waals surface area contributed by atoms with Crippen LogP contribution in [0.2, 0.25) is 0 Å². The molecule has 0 saturated carbocycles. The van der Waals surface area contributed by atoms with Crippen molar-refractivity contribution in [1.29, 1.82) is 0 Å². The summed E-state index contributed by atoms with van der Waals surface area (Å²) < 4.78 is 4.63. The van der Waals surface area contributed by atoms with Gasteiger partial charge in [0.05, 0.1) is 24.6 Å². The minimum absolute atomic E-state index is 0.263. The molecule has 7 heteroatoms. The van der Waals surface area contributed by atoms with Crippen molar-refractivity contribution in [3.05, 3.63) is 65.4 Å². The maximum Gasteiger partial charge on any atom is 0.337 e. The lowest BCUT2D eigenvalue weighted by atomic mass is 10.1. The number of H-pyrrole nitrogens is 1. The summed E-state index contributed by atoms with van der Waals surface area (Å²) in [7, 11) is 1.32. The van der Waals surface area contributed by atoms with Crippen molar-refractivity contribution in [2.75, 3.05) is 12.8 Å². The number of nitrogen functional groups attached to an aromatic ring is 1. The lowest BCUT2D eigenvalue weighted by molar-refractivity contribution is 0.0600. The molecule has 1 heterocycles. The highest BCUT2D eigenvalue weighted by atomic mass is 16.5. The Morgan fingerprint density at radius 3 is 2.56 bits per heavy atom. The number of nitrogens with two attached hydrogens (primary N) is 1. The molecule has 0 radical (unpaired) electrons. The van der Waals surface area contributed by atoms with Gasteiger partial charge in [-0.3, -0.25) is 4.79 Å². The Morgan fingerprint density at radius 2 is 1.88 bits per heavy atom. The molecule has 1 aromatic heterocycles. The molecule has 0 bridgehead atoms. The fourth-order valence-electron chi connectivity index (χ4n) is 2.39. The fraction of sp³-hybridized carbons (Fsp3) is 0.0556. The molecule has 2 aromatic carbocycles. The third-order valence-electron chi connectivity index (χ3n) is 3.68. The molecule has 25 heavy (non-hydrogen) atoms. The minimum atomic E-state index is -0.434. The van der Waals surface area contributed by atoms with Crippen LogP contribution >= 0.6 is 0 Å². The number of ether oxygens (including phenoxy) is 1. The van der Waals surface area contributed by atoms with Gasteiger partial charge in [0.25, 0.3) is 5.91 Å². The summed E-state index contributed by atoms with van der Waals surface area (Å²) in [6, 6.07) is 14.0. The molecule has 4 N–H and O–H groups in total. The van der Waals surface area contributed by atoms with Gasteiger partial charge in [0.2, 0.25) is 0 Å². The predicted octanol–water partition coefficient (Wildman–Crippen LogP) is 2.30. The molecule has 0 aliphatic rings. The van der Waals surface area contributed by atoms with Crippen molar-refractivity contribution < 1.29 is 14.3 Å². The number of aromatic nitrogens is 1. The van der Waals surface area contributed by atoms with Crippen LogP contribution in [0.15, 0.2) is 53.6 Å². The summed E-state index contributed by atoms with van der Waals surface area (Å²) in [6.45, 7) is 0. The SMILES string of the molecule is COC(=O)c1ccc(/C=N/NC(=O)c2[nH]c3ccccc3c2N)cc1.